The molecule has 0 aromatic heterocycles. The Kier molecular flexibility index (Phi) is 8.61. The number of carboxylic acids is 1. The second-order valence-corrected chi connectivity index (χ2v) is 5.55. The van der Waals surface area contributed by atoms with Crippen LogP contribution in [0.4, 0.5) is 0 Å². The van der Waals surface area contributed by atoms with Crippen molar-refractivity contribution in [2.24, 2.45) is 5.92 Å². The lowest BCUT2D eigenvalue weighted by Crippen LogP contribution is -2.52. The standard InChI is InChI=1S/C14H26N2O5/c1-5-12(18)15-9(4)14(21)16-10(6-8(2)3)11(17)7-13(19)20/h8-11,17H,5-7H2,1-4H3,(H,15,18)(H,16,21)(H,19,20)/t9-,10-,11-/m0/s1. The summed E-state index contributed by atoms with van der Waals surface area (Å²) in [6, 6.07) is -1.39. The molecule has 0 bridgehead atoms. The summed E-state index contributed by atoms with van der Waals surface area (Å²) in [6.45, 7) is 7.04. The molecular weight excluding hydrogens is 276 g/mol. The number of nitrogens with one attached hydrogen (secondary N) is 2. The SMILES string of the molecule is CCC(=O)N[C@@H](C)C(=O)N[C@@H](CC(C)C)[C@@H](O)CC(=O)O. The Hall–Kier alpha value is -1.63. The van der Waals surface area contributed by atoms with Crippen molar-refractivity contribution in [1.29, 1.82) is 0 Å². The molecule has 0 fully saturated rings. The van der Waals surface area contributed by atoms with Crippen LogP contribution in [0.3, 0.4) is 0 Å². The monoisotopic (exact) mass is 302 g/mol. The topological polar surface area (TPSA) is 116 Å². The summed E-state index contributed by atoms with van der Waals surface area (Å²) in [5, 5.41) is 23.8. The summed E-state index contributed by atoms with van der Waals surface area (Å²) >= 11 is 0. The minimum Gasteiger partial charge on any atom is -0.481 e. The van der Waals surface area contributed by atoms with Crippen LogP contribution in [-0.2, 0) is 14.4 Å². The fraction of sp³-hybridized carbons (Fsp3) is 0.786. The maximum Gasteiger partial charge on any atom is 0.306 e. The van der Waals surface area contributed by atoms with E-state index in [1.807, 2.05) is 13.8 Å². The van der Waals surface area contributed by atoms with Crippen molar-refractivity contribution in [3.8, 4) is 0 Å². The van der Waals surface area contributed by atoms with Gasteiger partial charge in [0.25, 0.3) is 0 Å². The largest absolute Gasteiger partial charge is 0.481 e. The van der Waals surface area contributed by atoms with Gasteiger partial charge >= 0.3 is 5.97 Å². The highest BCUT2D eigenvalue weighted by Crippen LogP contribution is 2.11. The summed E-state index contributed by atoms with van der Waals surface area (Å²) in [6.07, 6.45) is -0.876. The van der Waals surface area contributed by atoms with E-state index in [2.05, 4.69) is 10.6 Å². The van der Waals surface area contributed by atoms with E-state index < -0.39 is 36.5 Å². The Labute approximate surface area is 125 Å². The van der Waals surface area contributed by atoms with Crippen molar-refractivity contribution >= 4 is 17.8 Å². The van der Waals surface area contributed by atoms with Gasteiger partial charge in [0.2, 0.25) is 11.8 Å². The van der Waals surface area contributed by atoms with Crippen LogP contribution in [0.1, 0.15) is 47.0 Å². The summed E-state index contributed by atoms with van der Waals surface area (Å²) in [4.78, 5) is 33.9. The third-order valence-corrected chi connectivity index (χ3v) is 2.99. The van der Waals surface area contributed by atoms with Crippen LogP contribution in [0.5, 0.6) is 0 Å². The van der Waals surface area contributed by atoms with Crippen LogP contribution < -0.4 is 10.6 Å². The van der Waals surface area contributed by atoms with Gasteiger partial charge in [-0.2, -0.15) is 0 Å². The predicted octanol–water partition coefficient (Wildman–Crippen LogP) is 0.268. The van der Waals surface area contributed by atoms with Crippen molar-refractivity contribution in [2.45, 2.75) is 65.1 Å². The normalized spacial score (nSPS) is 15.1. The molecule has 122 valence electrons. The second kappa shape index (κ2) is 9.33. The van der Waals surface area contributed by atoms with Gasteiger partial charge < -0.3 is 20.8 Å². The lowest BCUT2D eigenvalue weighted by molar-refractivity contribution is -0.140. The first-order chi connectivity index (χ1) is 9.67. The smallest absolute Gasteiger partial charge is 0.306 e. The molecule has 0 heterocycles. The number of hydrogen-bond donors (Lipinski definition) is 4. The molecule has 0 rings (SSSR count). The van der Waals surface area contributed by atoms with E-state index in [-0.39, 0.29) is 18.2 Å². The van der Waals surface area contributed by atoms with Crippen LogP contribution in [0.25, 0.3) is 0 Å². The highest BCUT2D eigenvalue weighted by molar-refractivity contribution is 5.87. The number of carboxylic acid groups (broad SMARTS) is 1. The van der Waals surface area contributed by atoms with Gasteiger partial charge in [0.1, 0.15) is 6.04 Å². The number of carbonyl (C=O) groups is 3. The third kappa shape index (κ3) is 8.29. The van der Waals surface area contributed by atoms with Crippen LogP contribution in [0.15, 0.2) is 0 Å². The first-order valence-electron chi connectivity index (χ1n) is 7.16. The molecule has 0 aromatic rings. The van der Waals surface area contributed by atoms with Crippen LogP contribution >= 0.6 is 0 Å². The van der Waals surface area contributed by atoms with Gasteiger partial charge in [-0.1, -0.05) is 20.8 Å². The summed E-state index contributed by atoms with van der Waals surface area (Å²) < 4.78 is 0. The first-order valence-corrected chi connectivity index (χ1v) is 7.16. The van der Waals surface area contributed by atoms with E-state index in [1.165, 1.54) is 0 Å². The van der Waals surface area contributed by atoms with Gasteiger partial charge in [-0.05, 0) is 19.3 Å². The fourth-order valence-corrected chi connectivity index (χ4v) is 1.86. The third-order valence-electron chi connectivity index (χ3n) is 2.99. The van der Waals surface area contributed by atoms with E-state index in [9.17, 15) is 19.5 Å². The molecular formula is C14H26N2O5. The number of amides is 2. The molecule has 0 saturated heterocycles. The summed E-state index contributed by atoms with van der Waals surface area (Å²) in [7, 11) is 0. The molecule has 0 radical (unpaired) electrons. The van der Waals surface area contributed by atoms with Crippen LogP contribution in [-0.4, -0.2) is 46.2 Å². The Bertz CT molecular complexity index is 370. The number of carbonyl (C=O) groups excluding carboxylic acids is 2. The van der Waals surface area contributed by atoms with Crippen molar-refractivity contribution in [1.82, 2.24) is 10.6 Å². The number of aliphatic hydroxyl groups excluding tert-OH is 1. The molecule has 0 aliphatic carbocycles. The van der Waals surface area contributed by atoms with E-state index >= 15 is 0 Å². The minimum absolute atomic E-state index is 0.180. The molecule has 0 aliphatic heterocycles. The highest BCUT2D eigenvalue weighted by Gasteiger charge is 2.26. The zero-order valence-electron chi connectivity index (χ0n) is 13.0. The van der Waals surface area contributed by atoms with Crippen LogP contribution in [0.2, 0.25) is 0 Å². The number of aliphatic carboxylic acids is 1. The van der Waals surface area contributed by atoms with Crippen molar-refractivity contribution < 1.29 is 24.6 Å². The quantitative estimate of drug-likeness (QED) is 0.488. The van der Waals surface area contributed by atoms with Gasteiger partial charge in [-0.15, -0.1) is 0 Å². The average molecular weight is 302 g/mol. The zero-order valence-corrected chi connectivity index (χ0v) is 13.0. The molecule has 0 saturated carbocycles. The molecule has 7 heteroatoms. The zero-order chi connectivity index (χ0) is 16.6. The lowest BCUT2D eigenvalue weighted by atomic mass is 9.97. The van der Waals surface area contributed by atoms with Crippen molar-refractivity contribution in [3.63, 3.8) is 0 Å². The first kappa shape index (κ1) is 19.4. The lowest BCUT2D eigenvalue weighted by Gasteiger charge is -2.26. The molecule has 2 amide bonds. The number of hydrogen-bond acceptors (Lipinski definition) is 4. The molecule has 21 heavy (non-hydrogen) atoms. The molecule has 0 aromatic carbocycles. The second-order valence-electron chi connectivity index (χ2n) is 5.55. The molecule has 0 aliphatic rings. The minimum atomic E-state index is -1.16. The average Bonchev–Trinajstić information content (AvgIpc) is 2.36. The highest BCUT2D eigenvalue weighted by atomic mass is 16.4. The predicted molar refractivity (Wildman–Crippen MR) is 77.5 cm³/mol. The summed E-state index contributed by atoms with van der Waals surface area (Å²) in [5.41, 5.74) is 0. The Morgan fingerprint density at radius 1 is 1.10 bits per heavy atom. The Balaban J connectivity index is 4.67. The molecule has 3 atom stereocenters. The van der Waals surface area contributed by atoms with Crippen molar-refractivity contribution in [3.05, 3.63) is 0 Å². The van der Waals surface area contributed by atoms with E-state index in [1.54, 1.807) is 13.8 Å². The molecule has 0 spiro atoms. The molecule has 4 N–H and O–H groups in total. The van der Waals surface area contributed by atoms with Gasteiger partial charge in [0, 0.05) is 6.42 Å². The van der Waals surface area contributed by atoms with Gasteiger partial charge in [0.05, 0.1) is 18.6 Å². The molecule has 7 nitrogen and oxygen atoms in total. The molecule has 0 unspecified atom stereocenters. The van der Waals surface area contributed by atoms with E-state index in [4.69, 9.17) is 5.11 Å². The number of rotatable bonds is 9. The van der Waals surface area contributed by atoms with Gasteiger partial charge in [0.15, 0.2) is 0 Å². The Morgan fingerprint density at radius 3 is 2.10 bits per heavy atom. The van der Waals surface area contributed by atoms with Gasteiger partial charge in [-0.25, -0.2) is 0 Å². The van der Waals surface area contributed by atoms with Gasteiger partial charge in [-0.3, -0.25) is 14.4 Å². The van der Waals surface area contributed by atoms with E-state index in [0.717, 1.165) is 0 Å². The number of aliphatic hydroxyl groups is 1. The Morgan fingerprint density at radius 2 is 1.67 bits per heavy atom. The van der Waals surface area contributed by atoms with Crippen LogP contribution in [0, 0.1) is 5.92 Å². The van der Waals surface area contributed by atoms with E-state index in [0.29, 0.717) is 6.42 Å². The maximum atomic E-state index is 12.0. The maximum absolute atomic E-state index is 12.0. The van der Waals surface area contributed by atoms with Crippen molar-refractivity contribution in [2.75, 3.05) is 0 Å². The summed E-state index contributed by atoms with van der Waals surface area (Å²) in [5.74, 6) is -1.63. The fourth-order valence-electron chi connectivity index (χ4n) is 1.86.